The van der Waals surface area contributed by atoms with Crippen LogP contribution in [0.2, 0.25) is 0 Å². The molecule has 1 aliphatic heterocycles. The molecule has 5 atom stereocenters. The Bertz CT molecular complexity index is 146. The zero-order chi connectivity index (χ0) is 9.30. The van der Waals surface area contributed by atoms with Crippen LogP contribution in [0.5, 0.6) is 0 Å². The molecule has 6 nitrogen and oxygen atoms in total. The Kier molecular flexibility index (Phi) is 2.99. The third-order valence-electron chi connectivity index (χ3n) is 1.87. The number of aliphatic hydroxyl groups excluding tert-OH is 5. The van der Waals surface area contributed by atoms with E-state index in [2.05, 4.69) is 4.74 Å². The van der Waals surface area contributed by atoms with Crippen LogP contribution in [0.15, 0.2) is 0 Å². The van der Waals surface area contributed by atoms with E-state index in [1.54, 1.807) is 0 Å². The average molecular weight is 180 g/mol. The second kappa shape index (κ2) is 3.65. The van der Waals surface area contributed by atoms with E-state index in [-0.39, 0.29) is 0 Å². The summed E-state index contributed by atoms with van der Waals surface area (Å²) in [6.07, 6.45) is -7.04. The van der Waals surface area contributed by atoms with Crippen LogP contribution in [0.3, 0.4) is 0 Å². The lowest BCUT2D eigenvalue weighted by Gasteiger charge is -2.37. The van der Waals surface area contributed by atoms with Gasteiger partial charge in [-0.1, -0.05) is 0 Å². The van der Waals surface area contributed by atoms with Gasteiger partial charge in [0.15, 0.2) is 6.29 Å². The van der Waals surface area contributed by atoms with Crippen LogP contribution >= 0.6 is 0 Å². The Labute approximate surface area is 68.6 Å². The lowest BCUT2D eigenvalue weighted by atomic mass is 10.00. The molecule has 0 radical (unpaired) electrons. The predicted octanol–water partition coefficient (Wildman–Crippen LogP) is -3.22. The highest BCUT2D eigenvalue weighted by atomic mass is 16.6. The third-order valence-corrected chi connectivity index (χ3v) is 1.87. The maximum absolute atomic E-state index is 9.12. The minimum Gasteiger partial charge on any atom is -0.394 e. The van der Waals surface area contributed by atoms with Crippen molar-refractivity contribution in [1.82, 2.24) is 0 Å². The Morgan fingerprint density at radius 2 is 1.50 bits per heavy atom. The van der Waals surface area contributed by atoms with Gasteiger partial charge in [-0.3, -0.25) is 0 Å². The normalized spacial score (nSPS) is 49.2. The molecule has 1 unspecified atom stereocenters. The molecule has 12 heavy (non-hydrogen) atoms. The zero-order valence-corrected chi connectivity index (χ0v) is 6.24. The van der Waals surface area contributed by atoms with Crippen molar-refractivity contribution in [2.45, 2.75) is 30.7 Å². The summed E-state index contributed by atoms with van der Waals surface area (Å²) in [5, 5.41) is 44.7. The van der Waals surface area contributed by atoms with Crippen LogP contribution in [-0.2, 0) is 4.74 Å². The second-order valence-electron chi connectivity index (χ2n) is 2.72. The molecule has 72 valence electrons. The van der Waals surface area contributed by atoms with Crippen LogP contribution in [0.25, 0.3) is 0 Å². The van der Waals surface area contributed by atoms with E-state index < -0.39 is 37.3 Å². The maximum atomic E-state index is 9.12. The van der Waals surface area contributed by atoms with Gasteiger partial charge in [0.1, 0.15) is 24.4 Å². The van der Waals surface area contributed by atoms with E-state index in [0.29, 0.717) is 0 Å². The molecule has 1 aliphatic rings. The first-order chi connectivity index (χ1) is 5.57. The van der Waals surface area contributed by atoms with E-state index in [1.165, 1.54) is 0 Å². The van der Waals surface area contributed by atoms with Gasteiger partial charge in [-0.15, -0.1) is 0 Å². The van der Waals surface area contributed by atoms with Crippen molar-refractivity contribution in [2.75, 3.05) is 6.61 Å². The highest BCUT2D eigenvalue weighted by Crippen LogP contribution is 2.18. The second-order valence-corrected chi connectivity index (χ2v) is 2.72. The molecule has 0 aromatic carbocycles. The van der Waals surface area contributed by atoms with Crippen LogP contribution in [0.4, 0.5) is 0 Å². The summed E-state index contributed by atoms with van der Waals surface area (Å²) in [7, 11) is 0. The highest BCUT2D eigenvalue weighted by Gasteiger charge is 2.42. The van der Waals surface area contributed by atoms with Gasteiger partial charge in [0, 0.05) is 0 Å². The zero-order valence-electron chi connectivity index (χ0n) is 6.24. The Morgan fingerprint density at radius 1 is 0.917 bits per heavy atom. The fourth-order valence-electron chi connectivity index (χ4n) is 1.08. The molecule has 1 rings (SSSR count). The van der Waals surface area contributed by atoms with Crippen molar-refractivity contribution in [3.8, 4) is 0 Å². The van der Waals surface area contributed by atoms with Crippen LogP contribution in [0, 0.1) is 0 Å². The minimum absolute atomic E-state index is 0.526. The minimum atomic E-state index is -1.57. The van der Waals surface area contributed by atoms with E-state index in [4.69, 9.17) is 25.5 Å². The van der Waals surface area contributed by atoms with E-state index in [0.717, 1.165) is 0 Å². The quantitative estimate of drug-likeness (QED) is 0.290. The average Bonchev–Trinajstić information content (AvgIpc) is 2.08. The van der Waals surface area contributed by atoms with Crippen molar-refractivity contribution in [3.63, 3.8) is 0 Å². The number of aliphatic hydroxyl groups is 5. The standard InChI is InChI=1S/C6H12O6/c7-1-2-3(8)4(9)5(10)6(11)12-2/h2-11H,1H2/t2?,3-,4+,5-,6+/m0/s1. The molecule has 0 aliphatic carbocycles. The molecular weight excluding hydrogens is 168 g/mol. The summed E-state index contributed by atoms with van der Waals surface area (Å²) in [5.41, 5.74) is 0. The van der Waals surface area contributed by atoms with Crippen molar-refractivity contribution in [3.05, 3.63) is 0 Å². The maximum Gasteiger partial charge on any atom is 0.184 e. The van der Waals surface area contributed by atoms with E-state index in [9.17, 15) is 0 Å². The molecule has 0 amide bonds. The number of hydrogen-bond donors (Lipinski definition) is 5. The topological polar surface area (TPSA) is 110 Å². The molecule has 5 N–H and O–H groups in total. The molecule has 1 fully saturated rings. The summed E-state index contributed by atoms with van der Waals surface area (Å²) in [6, 6.07) is 0. The van der Waals surface area contributed by atoms with Gasteiger partial charge in [0.05, 0.1) is 6.61 Å². The monoisotopic (exact) mass is 180 g/mol. The first kappa shape index (κ1) is 9.85. The lowest BCUT2D eigenvalue weighted by Crippen LogP contribution is -2.58. The molecule has 6 heteroatoms. The van der Waals surface area contributed by atoms with Gasteiger partial charge < -0.3 is 30.3 Å². The highest BCUT2D eigenvalue weighted by molar-refractivity contribution is 4.87. The van der Waals surface area contributed by atoms with Crippen LogP contribution < -0.4 is 0 Å². The predicted molar refractivity (Wildman–Crippen MR) is 36.0 cm³/mol. The van der Waals surface area contributed by atoms with Crippen molar-refractivity contribution >= 4 is 0 Å². The Hall–Kier alpha value is -0.240. The van der Waals surface area contributed by atoms with Gasteiger partial charge in [-0.25, -0.2) is 0 Å². The molecule has 1 heterocycles. The molecule has 0 aromatic rings. The molecule has 0 saturated carbocycles. The summed E-state index contributed by atoms with van der Waals surface area (Å²) in [5.74, 6) is 0. The Morgan fingerprint density at radius 3 is 2.00 bits per heavy atom. The Balaban J connectivity index is 2.63. The van der Waals surface area contributed by atoms with Gasteiger partial charge >= 0.3 is 0 Å². The van der Waals surface area contributed by atoms with Crippen molar-refractivity contribution in [2.24, 2.45) is 0 Å². The van der Waals surface area contributed by atoms with Gasteiger partial charge in [-0.05, 0) is 0 Å². The summed E-state index contributed by atoms with van der Waals surface area (Å²) in [4.78, 5) is 0. The first-order valence-electron chi connectivity index (χ1n) is 3.56. The largest absolute Gasteiger partial charge is 0.394 e. The fraction of sp³-hybridized carbons (Fsp3) is 1.00. The number of hydrogen-bond acceptors (Lipinski definition) is 6. The van der Waals surface area contributed by atoms with Gasteiger partial charge in [0.2, 0.25) is 0 Å². The molecule has 0 spiro atoms. The first-order valence-corrected chi connectivity index (χ1v) is 3.56. The number of rotatable bonds is 1. The van der Waals surface area contributed by atoms with Crippen LogP contribution in [-0.4, -0.2) is 62.8 Å². The van der Waals surface area contributed by atoms with Crippen LogP contribution in [0.1, 0.15) is 0 Å². The van der Waals surface area contributed by atoms with Crippen molar-refractivity contribution in [1.29, 1.82) is 0 Å². The molecular formula is C6H12O6. The van der Waals surface area contributed by atoms with Gasteiger partial charge in [-0.2, -0.15) is 0 Å². The van der Waals surface area contributed by atoms with E-state index in [1.807, 2.05) is 0 Å². The molecule has 0 aromatic heterocycles. The number of ether oxygens (including phenoxy) is 1. The van der Waals surface area contributed by atoms with Gasteiger partial charge in [0.25, 0.3) is 0 Å². The smallest absolute Gasteiger partial charge is 0.184 e. The summed E-state index contributed by atoms with van der Waals surface area (Å²) < 4.78 is 4.58. The summed E-state index contributed by atoms with van der Waals surface area (Å²) >= 11 is 0. The van der Waals surface area contributed by atoms with E-state index >= 15 is 0 Å². The van der Waals surface area contributed by atoms with Crippen molar-refractivity contribution < 1.29 is 30.3 Å². The fourth-order valence-corrected chi connectivity index (χ4v) is 1.08. The third kappa shape index (κ3) is 1.58. The molecule has 0 bridgehead atoms. The summed E-state index contributed by atoms with van der Waals surface area (Å²) in [6.45, 7) is -0.526. The SMILES string of the molecule is OCC1O[C@@H](O)[C@@H](O)[C@H](O)[C@H]1O. The molecule has 1 saturated heterocycles. The lowest BCUT2D eigenvalue weighted by molar-refractivity contribution is -0.286.